The van der Waals surface area contributed by atoms with Gasteiger partial charge in [-0.25, -0.2) is 9.78 Å². The van der Waals surface area contributed by atoms with E-state index in [0.29, 0.717) is 43.4 Å². The number of rotatable bonds is 7. The largest absolute Gasteiger partial charge is 0.494 e. The van der Waals surface area contributed by atoms with Gasteiger partial charge in [0.05, 0.1) is 25.5 Å². The van der Waals surface area contributed by atoms with Crippen LogP contribution in [-0.2, 0) is 17.7 Å². The Morgan fingerprint density at radius 2 is 2.04 bits per heavy atom. The van der Waals surface area contributed by atoms with Crippen LogP contribution >= 0.6 is 11.3 Å². The average molecular weight is 404 g/mol. The van der Waals surface area contributed by atoms with Gasteiger partial charge in [0.1, 0.15) is 5.75 Å². The van der Waals surface area contributed by atoms with Gasteiger partial charge in [-0.15, -0.1) is 0 Å². The number of anilines is 1. The molecule has 0 radical (unpaired) electrons. The molecule has 8 heteroatoms. The van der Waals surface area contributed by atoms with Crippen molar-refractivity contribution in [2.45, 2.75) is 39.7 Å². The van der Waals surface area contributed by atoms with E-state index in [-0.39, 0.29) is 5.91 Å². The fourth-order valence-corrected chi connectivity index (χ4v) is 3.90. The van der Waals surface area contributed by atoms with Gasteiger partial charge in [-0.2, -0.15) is 0 Å². The minimum Gasteiger partial charge on any atom is -0.494 e. The van der Waals surface area contributed by atoms with E-state index < -0.39 is 6.09 Å². The van der Waals surface area contributed by atoms with Crippen LogP contribution in [0, 0.1) is 0 Å². The maximum absolute atomic E-state index is 12.8. The van der Waals surface area contributed by atoms with E-state index in [9.17, 15) is 9.59 Å². The number of hydrogen-bond donors (Lipinski definition) is 1. The Labute approximate surface area is 168 Å². The molecule has 1 aliphatic rings. The molecule has 3 rings (SSSR count). The van der Waals surface area contributed by atoms with Gasteiger partial charge < -0.3 is 14.4 Å². The number of fused-ring (bicyclic) bond motifs is 1. The Bertz CT molecular complexity index is 819. The van der Waals surface area contributed by atoms with Crippen LogP contribution in [0.25, 0.3) is 0 Å². The second kappa shape index (κ2) is 9.54. The maximum Gasteiger partial charge on any atom is 0.413 e. The van der Waals surface area contributed by atoms with Gasteiger partial charge >= 0.3 is 6.09 Å². The van der Waals surface area contributed by atoms with Crippen LogP contribution in [0.3, 0.4) is 0 Å². The quantitative estimate of drug-likeness (QED) is 0.704. The lowest BCUT2D eigenvalue weighted by Crippen LogP contribution is -2.35. The molecular weight excluding hydrogens is 378 g/mol. The van der Waals surface area contributed by atoms with E-state index in [1.807, 2.05) is 17.0 Å². The number of carbonyl (C=O) groups is 2. The van der Waals surface area contributed by atoms with Crippen molar-refractivity contribution in [2.24, 2.45) is 0 Å². The first kappa shape index (κ1) is 20.1. The molecule has 1 aromatic carbocycles. The van der Waals surface area contributed by atoms with Crippen molar-refractivity contribution in [3.63, 3.8) is 0 Å². The number of hydrogen-bond acceptors (Lipinski definition) is 6. The van der Waals surface area contributed by atoms with Crippen molar-refractivity contribution in [1.82, 2.24) is 9.88 Å². The number of aromatic nitrogens is 1. The fourth-order valence-electron chi connectivity index (χ4n) is 2.89. The summed E-state index contributed by atoms with van der Waals surface area (Å²) in [5.74, 6) is 0.766. The summed E-state index contributed by atoms with van der Waals surface area (Å²) in [6, 6.07) is 7.29. The number of nitrogens with zero attached hydrogens (tertiary/aromatic N) is 2. The Morgan fingerprint density at radius 3 is 2.75 bits per heavy atom. The van der Waals surface area contributed by atoms with Crippen LogP contribution in [-0.4, -0.2) is 41.6 Å². The topological polar surface area (TPSA) is 80.8 Å². The van der Waals surface area contributed by atoms with Gasteiger partial charge in [-0.1, -0.05) is 24.7 Å². The zero-order valence-corrected chi connectivity index (χ0v) is 17.0. The standard InChI is InChI=1S/C20H25N3O4S/c1-3-5-12-27-15-8-6-14(7-9-15)18(24)23-11-10-16-17(13-23)28-19(21-16)22-20(25)26-4-2/h6-9H,3-5,10-13H2,1-2H3,(H,21,22,25). The SMILES string of the molecule is CCCCOc1ccc(C(=O)N2CCc3nc(NC(=O)OCC)sc3C2)cc1. The third kappa shape index (κ3) is 5.01. The molecule has 2 heterocycles. The summed E-state index contributed by atoms with van der Waals surface area (Å²) in [5, 5.41) is 3.14. The van der Waals surface area contributed by atoms with Crippen molar-refractivity contribution in [3.05, 3.63) is 40.4 Å². The van der Waals surface area contributed by atoms with Gasteiger partial charge in [0.2, 0.25) is 0 Å². The van der Waals surface area contributed by atoms with Gasteiger partial charge in [0, 0.05) is 23.4 Å². The highest BCUT2D eigenvalue weighted by molar-refractivity contribution is 7.15. The molecule has 28 heavy (non-hydrogen) atoms. The van der Waals surface area contributed by atoms with Crippen molar-refractivity contribution in [2.75, 3.05) is 25.1 Å². The van der Waals surface area contributed by atoms with Gasteiger partial charge in [0.25, 0.3) is 5.91 Å². The molecule has 0 saturated carbocycles. The van der Waals surface area contributed by atoms with Crippen LogP contribution in [0.5, 0.6) is 5.75 Å². The minimum absolute atomic E-state index is 0.0148. The maximum atomic E-state index is 12.8. The lowest BCUT2D eigenvalue weighted by molar-refractivity contribution is 0.0736. The Hall–Kier alpha value is -2.61. The van der Waals surface area contributed by atoms with Crippen LogP contribution in [0.4, 0.5) is 9.93 Å². The predicted octanol–water partition coefficient (Wildman–Crippen LogP) is 4.09. The molecule has 0 spiro atoms. The highest BCUT2D eigenvalue weighted by Gasteiger charge is 2.25. The first-order valence-corrected chi connectivity index (χ1v) is 10.4. The van der Waals surface area contributed by atoms with E-state index in [1.165, 1.54) is 11.3 Å². The van der Waals surface area contributed by atoms with Gasteiger partial charge in [-0.05, 0) is 37.6 Å². The van der Waals surface area contributed by atoms with E-state index in [1.54, 1.807) is 19.1 Å². The number of carbonyl (C=O) groups excluding carboxylic acids is 2. The molecule has 2 aromatic rings. The lowest BCUT2D eigenvalue weighted by Gasteiger charge is -2.26. The first-order valence-electron chi connectivity index (χ1n) is 9.55. The van der Waals surface area contributed by atoms with Crippen LogP contribution in [0.1, 0.15) is 47.6 Å². The number of thiazole rings is 1. The van der Waals surface area contributed by atoms with Crippen LogP contribution in [0.15, 0.2) is 24.3 Å². The summed E-state index contributed by atoms with van der Waals surface area (Å²) in [6.45, 7) is 5.95. The summed E-state index contributed by atoms with van der Waals surface area (Å²) in [7, 11) is 0. The first-order chi connectivity index (χ1) is 13.6. The predicted molar refractivity (Wildman–Crippen MR) is 108 cm³/mol. The number of amides is 2. The Balaban J connectivity index is 1.60. The van der Waals surface area contributed by atoms with E-state index in [4.69, 9.17) is 9.47 Å². The molecule has 2 amide bonds. The van der Waals surface area contributed by atoms with Crippen LogP contribution in [0.2, 0.25) is 0 Å². The minimum atomic E-state index is -0.511. The molecular formula is C20H25N3O4S. The third-order valence-electron chi connectivity index (χ3n) is 4.37. The number of benzene rings is 1. The number of unbranched alkanes of at least 4 members (excludes halogenated alkanes) is 1. The van der Waals surface area contributed by atoms with Crippen LogP contribution < -0.4 is 10.1 Å². The zero-order valence-electron chi connectivity index (χ0n) is 16.2. The summed E-state index contributed by atoms with van der Waals surface area (Å²) in [5.41, 5.74) is 1.57. The number of nitrogens with one attached hydrogen (secondary N) is 1. The third-order valence-corrected chi connectivity index (χ3v) is 5.37. The van der Waals surface area contributed by atoms with Crippen molar-refractivity contribution in [1.29, 1.82) is 0 Å². The van der Waals surface area contributed by atoms with Gasteiger partial charge in [-0.3, -0.25) is 10.1 Å². The Morgan fingerprint density at radius 1 is 1.25 bits per heavy atom. The van der Waals surface area contributed by atoms with E-state index in [0.717, 1.165) is 29.2 Å². The molecule has 7 nitrogen and oxygen atoms in total. The second-order valence-corrected chi connectivity index (χ2v) is 7.52. The summed E-state index contributed by atoms with van der Waals surface area (Å²) < 4.78 is 10.5. The molecule has 1 aromatic heterocycles. The van der Waals surface area contributed by atoms with Crippen molar-refractivity contribution in [3.8, 4) is 5.75 Å². The molecule has 0 aliphatic carbocycles. The zero-order chi connectivity index (χ0) is 19.9. The second-order valence-electron chi connectivity index (χ2n) is 6.44. The molecule has 0 fully saturated rings. The van der Waals surface area contributed by atoms with Crippen molar-refractivity contribution < 1.29 is 19.1 Å². The highest BCUT2D eigenvalue weighted by atomic mass is 32.1. The van der Waals surface area contributed by atoms with E-state index >= 15 is 0 Å². The molecule has 150 valence electrons. The highest BCUT2D eigenvalue weighted by Crippen LogP contribution is 2.29. The van der Waals surface area contributed by atoms with Gasteiger partial charge in [0.15, 0.2) is 5.13 Å². The average Bonchev–Trinajstić information content (AvgIpc) is 3.09. The normalized spacial score (nSPS) is 13.0. The summed E-state index contributed by atoms with van der Waals surface area (Å²) in [6.07, 6.45) is 2.25. The summed E-state index contributed by atoms with van der Waals surface area (Å²) >= 11 is 1.38. The van der Waals surface area contributed by atoms with E-state index in [2.05, 4.69) is 17.2 Å². The molecule has 0 saturated heterocycles. The molecule has 1 aliphatic heterocycles. The molecule has 1 N–H and O–H groups in total. The fraction of sp³-hybridized carbons (Fsp3) is 0.450. The monoisotopic (exact) mass is 403 g/mol. The molecule has 0 atom stereocenters. The lowest BCUT2D eigenvalue weighted by atomic mass is 10.1. The number of ether oxygens (including phenoxy) is 2. The Kier molecular flexibility index (Phi) is 6.86. The van der Waals surface area contributed by atoms with Crippen molar-refractivity contribution >= 4 is 28.5 Å². The molecule has 0 unspecified atom stereocenters. The smallest absolute Gasteiger partial charge is 0.413 e. The summed E-state index contributed by atoms with van der Waals surface area (Å²) in [4.78, 5) is 31.6. The molecule has 0 bridgehead atoms.